The highest BCUT2D eigenvalue weighted by Gasteiger charge is 2.15. The third-order valence-electron chi connectivity index (χ3n) is 2.53. The van der Waals surface area contributed by atoms with E-state index in [0.717, 1.165) is 6.54 Å². The summed E-state index contributed by atoms with van der Waals surface area (Å²) in [5, 5.41) is 4.97. The number of aryl methyl sites for hydroxylation is 1. The van der Waals surface area contributed by atoms with E-state index in [-0.39, 0.29) is 36.3 Å². The van der Waals surface area contributed by atoms with Crippen LogP contribution in [0.15, 0.2) is 30.9 Å². The Hall–Kier alpha value is -0.660. The van der Waals surface area contributed by atoms with Crippen LogP contribution in [0.25, 0.3) is 0 Å². The number of carbonyl (C=O) groups excluding carboxylic acids is 1. The highest BCUT2D eigenvalue weighted by atomic mass is 127. The molecule has 0 aliphatic heterocycles. The van der Waals surface area contributed by atoms with Gasteiger partial charge in [0.05, 0.1) is 11.6 Å². The van der Waals surface area contributed by atoms with E-state index in [1.807, 2.05) is 11.5 Å². The van der Waals surface area contributed by atoms with E-state index in [1.54, 1.807) is 35.5 Å². The lowest BCUT2D eigenvalue weighted by molar-refractivity contribution is -0.694. The molecule has 0 unspecified atom stereocenters. The second-order valence-electron chi connectivity index (χ2n) is 3.82. The molecule has 0 aliphatic carbocycles. The predicted molar refractivity (Wildman–Crippen MR) is 68.9 cm³/mol. The van der Waals surface area contributed by atoms with Crippen molar-refractivity contribution in [1.82, 2.24) is 9.78 Å². The Morgan fingerprint density at radius 2 is 2.16 bits per heavy atom. The molecule has 0 radical (unpaired) electrons. The predicted octanol–water partition coefficient (Wildman–Crippen LogP) is -0.616. The van der Waals surface area contributed by atoms with Gasteiger partial charge in [0.15, 0.2) is 6.54 Å². The SMILES string of the molecule is CC[n+]1cnn(CC(=O)c2ccc(Cl)cc2Cl)c1.[I-]. The summed E-state index contributed by atoms with van der Waals surface area (Å²) in [6.07, 6.45) is 3.46. The number of Topliss-reactive ketones (excluding diaryl/α,β-unsaturated/α-hetero) is 1. The van der Waals surface area contributed by atoms with Gasteiger partial charge >= 0.3 is 0 Å². The molecule has 0 saturated carbocycles. The molecule has 19 heavy (non-hydrogen) atoms. The fraction of sp³-hybridized carbons (Fsp3) is 0.250. The summed E-state index contributed by atoms with van der Waals surface area (Å²) < 4.78 is 3.47. The van der Waals surface area contributed by atoms with Crippen LogP contribution in [0.1, 0.15) is 17.3 Å². The van der Waals surface area contributed by atoms with E-state index in [9.17, 15) is 4.79 Å². The number of halogens is 3. The summed E-state index contributed by atoms with van der Waals surface area (Å²) >= 11 is 11.8. The van der Waals surface area contributed by atoms with Gasteiger partial charge < -0.3 is 24.0 Å². The number of nitrogens with zero attached hydrogens (tertiary/aromatic N) is 3. The average molecular weight is 412 g/mol. The Kier molecular flexibility index (Phi) is 6.22. The van der Waals surface area contributed by atoms with Crippen molar-refractivity contribution < 1.29 is 33.3 Å². The Morgan fingerprint density at radius 1 is 1.42 bits per heavy atom. The molecule has 0 saturated heterocycles. The van der Waals surface area contributed by atoms with Crippen molar-refractivity contribution in [2.24, 2.45) is 0 Å². The summed E-state index contributed by atoms with van der Waals surface area (Å²) in [7, 11) is 0. The zero-order valence-corrected chi connectivity index (χ0v) is 13.9. The van der Waals surface area contributed by atoms with Crippen LogP contribution in [0, 0.1) is 0 Å². The van der Waals surface area contributed by atoms with Gasteiger partial charge in [-0.05, 0) is 25.1 Å². The average Bonchev–Trinajstić information content (AvgIpc) is 2.76. The van der Waals surface area contributed by atoms with Crippen molar-refractivity contribution in [2.45, 2.75) is 20.0 Å². The molecule has 0 atom stereocenters. The van der Waals surface area contributed by atoms with Crippen LogP contribution in [0.2, 0.25) is 10.0 Å². The molecule has 0 amide bonds. The van der Waals surface area contributed by atoms with Crippen molar-refractivity contribution in [1.29, 1.82) is 0 Å². The Labute approximate surface area is 138 Å². The quantitative estimate of drug-likeness (QED) is 0.382. The van der Waals surface area contributed by atoms with Crippen molar-refractivity contribution in [3.63, 3.8) is 0 Å². The first-order chi connectivity index (χ1) is 8.60. The number of carbonyl (C=O) groups is 1. The maximum Gasteiger partial charge on any atom is 0.265 e. The molecule has 1 aromatic heterocycles. The van der Waals surface area contributed by atoms with Crippen molar-refractivity contribution in [2.75, 3.05) is 0 Å². The highest BCUT2D eigenvalue weighted by Crippen LogP contribution is 2.21. The molecule has 1 aromatic carbocycles. The van der Waals surface area contributed by atoms with Gasteiger partial charge in [-0.2, -0.15) is 0 Å². The van der Waals surface area contributed by atoms with Crippen molar-refractivity contribution in [3.05, 3.63) is 46.5 Å². The smallest absolute Gasteiger partial charge is 0.265 e. The molecule has 4 nitrogen and oxygen atoms in total. The summed E-state index contributed by atoms with van der Waals surface area (Å²) in [5.74, 6) is -0.0944. The zero-order chi connectivity index (χ0) is 13.1. The van der Waals surface area contributed by atoms with Crippen molar-refractivity contribution in [3.8, 4) is 0 Å². The molecule has 0 N–H and O–H groups in total. The van der Waals surface area contributed by atoms with Gasteiger partial charge in [-0.25, -0.2) is 4.57 Å². The minimum atomic E-state index is -0.0944. The maximum absolute atomic E-state index is 12.0. The van der Waals surface area contributed by atoms with E-state index in [2.05, 4.69) is 5.10 Å². The molecule has 0 bridgehead atoms. The Balaban J connectivity index is 0.00000180. The summed E-state index contributed by atoms with van der Waals surface area (Å²) in [6, 6.07) is 4.84. The molecule has 7 heteroatoms. The van der Waals surface area contributed by atoms with Crippen LogP contribution < -0.4 is 28.5 Å². The summed E-state index contributed by atoms with van der Waals surface area (Å²) in [4.78, 5) is 12.0. The zero-order valence-electron chi connectivity index (χ0n) is 10.2. The molecule has 0 fully saturated rings. The summed E-state index contributed by atoms with van der Waals surface area (Å²) in [5.41, 5.74) is 0.458. The van der Waals surface area contributed by atoms with Crippen LogP contribution in [0.4, 0.5) is 0 Å². The van der Waals surface area contributed by atoms with Crippen LogP contribution >= 0.6 is 23.2 Å². The standard InChI is InChI=1S/C12H12Cl2N3O.HI/c1-2-16-7-15-17(8-16)6-12(18)10-4-3-9(13)5-11(10)14;/h3-5,7-8H,2,6H2,1H3;1H/q+1;/p-1. The largest absolute Gasteiger partial charge is 1.00 e. The first-order valence-electron chi connectivity index (χ1n) is 5.50. The molecule has 2 aromatic rings. The fourth-order valence-corrected chi connectivity index (χ4v) is 2.07. The number of aromatic nitrogens is 3. The molecular weight excluding hydrogens is 400 g/mol. The first-order valence-corrected chi connectivity index (χ1v) is 6.25. The molecular formula is C12H12Cl2IN3O. The highest BCUT2D eigenvalue weighted by molar-refractivity contribution is 6.36. The molecule has 0 aliphatic rings. The van der Waals surface area contributed by atoms with E-state index in [4.69, 9.17) is 23.2 Å². The van der Waals surface area contributed by atoms with Gasteiger partial charge in [0.1, 0.15) is 0 Å². The van der Waals surface area contributed by atoms with Crippen molar-refractivity contribution >= 4 is 29.0 Å². The fourth-order valence-electron chi connectivity index (χ4n) is 1.56. The van der Waals surface area contributed by atoms with Gasteiger partial charge in [-0.15, -0.1) is 4.68 Å². The lowest BCUT2D eigenvalue weighted by Gasteiger charge is -2.01. The minimum Gasteiger partial charge on any atom is -1.00 e. The Bertz CT molecular complexity index is 586. The van der Waals surface area contributed by atoms with E-state index in [1.165, 1.54) is 0 Å². The van der Waals surface area contributed by atoms with Crippen LogP contribution in [-0.2, 0) is 13.1 Å². The lowest BCUT2D eigenvalue weighted by Crippen LogP contribution is -3.00. The number of ketones is 1. The second kappa shape index (κ2) is 7.21. The van der Waals surface area contributed by atoms with Crippen LogP contribution in [-0.4, -0.2) is 15.6 Å². The van der Waals surface area contributed by atoms with Gasteiger partial charge in [0.25, 0.3) is 6.33 Å². The normalized spacial score (nSPS) is 10.1. The number of benzene rings is 1. The topological polar surface area (TPSA) is 38.8 Å². The van der Waals surface area contributed by atoms with Gasteiger partial charge in [0, 0.05) is 15.7 Å². The number of rotatable bonds is 4. The minimum absolute atomic E-state index is 0. The molecule has 102 valence electrons. The molecule has 1 heterocycles. The monoisotopic (exact) mass is 411 g/mol. The maximum atomic E-state index is 12.0. The third kappa shape index (κ3) is 4.15. The van der Waals surface area contributed by atoms with Gasteiger partial charge in [-0.1, -0.05) is 23.2 Å². The van der Waals surface area contributed by atoms with E-state index < -0.39 is 0 Å². The summed E-state index contributed by atoms with van der Waals surface area (Å²) in [6.45, 7) is 2.98. The second-order valence-corrected chi connectivity index (χ2v) is 4.67. The number of hydrogen-bond donors (Lipinski definition) is 0. The van der Waals surface area contributed by atoms with E-state index in [0.29, 0.717) is 15.6 Å². The third-order valence-corrected chi connectivity index (χ3v) is 3.08. The first kappa shape index (κ1) is 16.4. The van der Waals surface area contributed by atoms with Crippen LogP contribution in [0.5, 0.6) is 0 Å². The molecule has 2 rings (SSSR count). The van der Waals surface area contributed by atoms with Crippen LogP contribution in [0.3, 0.4) is 0 Å². The number of hydrogen-bond acceptors (Lipinski definition) is 2. The lowest BCUT2D eigenvalue weighted by atomic mass is 10.1. The Morgan fingerprint density at radius 3 is 2.74 bits per heavy atom. The van der Waals surface area contributed by atoms with Gasteiger partial charge in [-0.3, -0.25) is 4.79 Å². The van der Waals surface area contributed by atoms with E-state index >= 15 is 0 Å². The molecule has 0 spiro atoms. The van der Waals surface area contributed by atoms with Gasteiger partial charge in [0.2, 0.25) is 12.1 Å².